The van der Waals surface area contributed by atoms with Gasteiger partial charge >= 0.3 is 6.03 Å². The van der Waals surface area contributed by atoms with Crippen LogP contribution >= 0.6 is 34.5 Å². The molecule has 1 heterocycles. The van der Waals surface area contributed by atoms with Crippen LogP contribution in [0.2, 0.25) is 10.0 Å². The van der Waals surface area contributed by atoms with Gasteiger partial charge in [-0.2, -0.15) is 5.10 Å². The highest BCUT2D eigenvalue weighted by Gasteiger charge is 2.12. The number of halogens is 2. The van der Waals surface area contributed by atoms with Gasteiger partial charge in [0.2, 0.25) is 11.0 Å². The summed E-state index contributed by atoms with van der Waals surface area (Å²) >= 11 is 13.2. The Balaban J connectivity index is 1.26. The third-order valence-corrected chi connectivity index (χ3v) is 6.45. The van der Waals surface area contributed by atoms with Crippen LogP contribution in [-0.2, 0) is 17.8 Å². The lowest BCUT2D eigenvalue weighted by molar-refractivity contribution is -0.120. The molecule has 1 aromatic heterocycles. The molecule has 0 saturated carbocycles. The van der Waals surface area contributed by atoms with E-state index in [1.54, 1.807) is 60.7 Å². The first-order valence-electron chi connectivity index (χ1n) is 11.4. The minimum absolute atomic E-state index is 0.0552. The number of benzene rings is 3. The minimum atomic E-state index is -0.460. The molecule has 3 amide bonds. The first-order chi connectivity index (χ1) is 18.9. The number of hydrogen-bond donors (Lipinski definition) is 3. The fourth-order valence-electron chi connectivity index (χ4n) is 3.19. The molecular weight excluding hydrogens is 563 g/mol. The fraction of sp³-hybridized carbons (Fsp3) is 0.115. The minimum Gasteiger partial charge on any atom is -0.493 e. The normalized spacial score (nSPS) is 10.7. The van der Waals surface area contributed by atoms with Crippen LogP contribution < -0.4 is 25.5 Å². The van der Waals surface area contributed by atoms with E-state index < -0.39 is 11.9 Å². The maximum atomic E-state index is 12.3. The van der Waals surface area contributed by atoms with Crippen molar-refractivity contribution in [3.63, 3.8) is 0 Å². The van der Waals surface area contributed by atoms with Crippen molar-refractivity contribution in [2.45, 2.75) is 13.0 Å². The summed E-state index contributed by atoms with van der Waals surface area (Å²) in [6.07, 6.45) is 1.42. The molecule has 39 heavy (non-hydrogen) atoms. The number of methoxy groups -OCH3 is 1. The number of hydrazone groups is 1. The average Bonchev–Trinajstić information content (AvgIpc) is 3.35. The summed E-state index contributed by atoms with van der Waals surface area (Å²) in [6, 6.07) is 18.9. The quantitative estimate of drug-likeness (QED) is 0.160. The largest absolute Gasteiger partial charge is 0.493 e. The number of rotatable bonds is 10. The van der Waals surface area contributed by atoms with Crippen molar-refractivity contribution in [3.05, 3.63) is 92.9 Å². The summed E-state index contributed by atoms with van der Waals surface area (Å²) in [5.41, 5.74) is 4.54. The van der Waals surface area contributed by atoms with E-state index in [1.165, 1.54) is 13.3 Å². The SMILES string of the molecule is COc1cc(/C=N\NC(=O)Cc2nnc(NC(=O)Nc3ccccc3)s2)ccc1OCc1ccc(Cl)cc1Cl. The molecule has 0 aliphatic rings. The number of anilines is 2. The number of hydrogen-bond acceptors (Lipinski definition) is 8. The Hall–Kier alpha value is -4.19. The van der Waals surface area contributed by atoms with E-state index in [-0.39, 0.29) is 18.2 Å². The molecule has 0 unspecified atom stereocenters. The molecule has 3 aromatic carbocycles. The number of carbonyl (C=O) groups excluding carboxylic acids is 2. The van der Waals surface area contributed by atoms with E-state index in [4.69, 9.17) is 32.7 Å². The predicted octanol–water partition coefficient (Wildman–Crippen LogP) is 5.77. The molecule has 0 saturated heterocycles. The molecular formula is C26H22Cl2N6O4S. The Morgan fingerprint density at radius 1 is 1.00 bits per heavy atom. The summed E-state index contributed by atoms with van der Waals surface area (Å²) in [5.74, 6) is 0.609. The zero-order chi connectivity index (χ0) is 27.6. The maximum Gasteiger partial charge on any atom is 0.325 e. The number of para-hydroxylation sites is 1. The summed E-state index contributed by atoms with van der Waals surface area (Å²) in [4.78, 5) is 24.3. The molecule has 0 radical (unpaired) electrons. The predicted molar refractivity (Wildman–Crippen MR) is 152 cm³/mol. The van der Waals surface area contributed by atoms with Gasteiger partial charge in [0, 0.05) is 21.3 Å². The second-order valence-corrected chi connectivity index (χ2v) is 9.76. The number of amides is 3. The molecule has 4 aromatic rings. The first kappa shape index (κ1) is 27.8. The standard InChI is InChI=1S/C26H22Cl2N6O4S/c1-37-22-11-16(7-10-21(22)38-15-17-8-9-18(27)12-20(17)28)14-29-32-23(35)13-24-33-34-26(39-24)31-25(36)30-19-5-3-2-4-6-19/h2-12,14H,13,15H2,1H3,(H,32,35)(H2,30,31,34,36)/b29-14-. The van der Waals surface area contributed by atoms with Crippen LogP contribution in [0.3, 0.4) is 0 Å². The van der Waals surface area contributed by atoms with Gasteiger partial charge in [-0.25, -0.2) is 10.2 Å². The van der Waals surface area contributed by atoms with E-state index in [1.807, 2.05) is 6.07 Å². The Labute approximate surface area is 238 Å². The second kappa shape index (κ2) is 13.6. The first-order valence-corrected chi connectivity index (χ1v) is 13.0. The lowest BCUT2D eigenvalue weighted by atomic mass is 10.2. The number of nitrogens with one attached hydrogen (secondary N) is 3. The Morgan fingerprint density at radius 3 is 2.59 bits per heavy atom. The molecule has 0 aliphatic heterocycles. The fourth-order valence-corrected chi connectivity index (χ4v) is 4.39. The third-order valence-electron chi connectivity index (χ3n) is 5.02. The van der Waals surface area contributed by atoms with Gasteiger partial charge in [0.05, 0.1) is 19.7 Å². The van der Waals surface area contributed by atoms with Gasteiger partial charge in [-0.3, -0.25) is 10.1 Å². The van der Waals surface area contributed by atoms with Crippen LogP contribution in [0.4, 0.5) is 15.6 Å². The zero-order valence-electron chi connectivity index (χ0n) is 20.5. The molecule has 4 rings (SSSR count). The van der Waals surface area contributed by atoms with Crippen LogP contribution in [0, 0.1) is 0 Å². The zero-order valence-corrected chi connectivity index (χ0v) is 22.8. The monoisotopic (exact) mass is 584 g/mol. The van der Waals surface area contributed by atoms with Crippen LogP contribution in [0.15, 0.2) is 71.8 Å². The summed E-state index contributed by atoms with van der Waals surface area (Å²) in [6.45, 7) is 0.233. The lowest BCUT2D eigenvalue weighted by Crippen LogP contribution is -2.19. The maximum absolute atomic E-state index is 12.3. The lowest BCUT2D eigenvalue weighted by Gasteiger charge is -2.12. The molecule has 10 nitrogen and oxygen atoms in total. The Kier molecular flexibility index (Phi) is 9.68. The molecule has 0 atom stereocenters. The van der Waals surface area contributed by atoms with Crippen LogP contribution in [0.5, 0.6) is 11.5 Å². The smallest absolute Gasteiger partial charge is 0.325 e. The molecule has 0 aliphatic carbocycles. The molecule has 0 bridgehead atoms. The third kappa shape index (κ3) is 8.40. The highest BCUT2D eigenvalue weighted by molar-refractivity contribution is 7.15. The number of urea groups is 1. The summed E-state index contributed by atoms with van der Waals surface area (Å²) in [5, 5.41) is 18.8. The van der Waals surface area contributed by atoms with Gasteiger partial charge in [0.1, 0.15) is 11.6 Å². The molecule has 13 heteroatoms. The van der Waals surface area contributed by atoms with E-state index >= 15 is 0 Å². The molecule has 0 spiro atoms. The highest BCUT2D eigenvalue weighted by Crippen LogP contribution is 2.30. The van der Waals surface area contributed by atoms with Gasteiger partial charge < -0.3 is 14.8 Å². The van der Waals surface area contributed by atoms with Crippen molar-refractivity contribution < 1.29 is 19.1 Å². The van der Waals surface area contributed by atoms with E-state index in [9.17, 15) is 9.59 Å². The second-order valence-electron chi connectivity index (χ2n) is 7.85. The number of carbonyl (C=O) groups is 2. The van der Waals surface area contributed by atoms with Gasteiger partial charge in [-0.05, 0) is 48.0 Å². The van der Waals surface area contributed by atoms with Crippen LogP contribution in [0.1, 0.15) is 16.1 Å². The van der Waals surface area contributed by atoms with Gasteiger partial charge in [-0.1, -0.05) is 58.8 Å². The van der Waals surface area contributed by atoms with Crippen molar-refractivity contribution in [1.82, 2.24) is 15.6 Å². The summed E-state index contributed by atoms with van der Waals surface area (Å²) < 4.78 is 11.3. The Morgan fingerprint density at radius 2 is 1.82 bits per heavy atom. The topological polar surface area (TPSA) is 127 Å². The van der Waals surface area contributed by atoms with Crippen molar-refractivity contribution in [3.8, 4) is 11.5 Å². The molecule has 200 valence electrons. The number of ether oxygens (including phenoxy) is 2. The summed E-state index contributed by atoms with van der Waals surface area (Å²) in [7, 11) is 1.52. The van der Waals surface area contributed by atoms with Gasteiger partial charge in [-0.15, -0.1) is 10.2 Å². The average molecular weight is 585 g/mol. The van der Waals surface area contributed by atoms with Crippen LogP contribution in [0.25, 0.3) is 0 Å². The van der Waals surface area contributed by atoms with E-state index in [0.29, 0.717) is 37.8 Å². The highest BCUT2D eigenvalue weighted by atomic mass is 35.5. The van der Waals surface area contributed by atoms with Crippen molar-refractivity contribution in [1.29, 1.82) is 0 Å². The van der Waals surface area contributed by atoms with Crippen molar-refractivity contribution >= 4 is 63.5 Å². The number of nitrogens with zero attached hydrogens (tertiary/aromatic N) is 3. The van der Waals surface area contributed by atoms with E-state index in [0.717, 1.165) is 16.9 Å². The van der Waals surface area contributed by atoms with Gasteiger partial charge in [0.15, 0.2) is 11.5 Å². The van der Waals surface area contributed by atoms with Crippen molar-refractivity contribution in [2.24, 2.45) is 5.10 Å². The van der Waals surface area contributed by atoms with Gasteiger partial charge in [0.25, 0.3) is 0 Å². The van der Waals surface area contributed by atoms with E-state index in [2.05, 4.69) is 31.4 Å². The van der Waals surface area contributed by atoms with Crippen molar-refractivity contribution in [2.75, 3.05) is 17.7 Å². The molecule has 3 N–H and O–H groups in total. The Bertz CT molecular complexity index is 1480. The number of aromatic nitrogens is 2. The molecule has 0 fully saturated rings. The van der Waals surface area contributed by atoms with Crippen LogP contribution in [-0.4, -0.2) is 35.5 Å².